The fourth-order valence-corrected chi connectivity index (χ4v) is 1.70. The van der Waals surface area contributed by atoms with Crippen LogP contribution in [-0.4, -0.2) is 6.04 Å². The van der Waals surface area contributed by atoms with Gasteiger partial charge in [0.1, 0.15) is 0 Å². The highest BCUT2D eigenvalue weighted by molar-refractivity contribution is 5.24. The van der Waals surface area contributed by atoms with Crippen LogP contribution in [0.15, 0.2) is 24.3 Å². The zero-order valence-corrected chi connectivity index (χ0v) is 10.2. The largest absolute Gasteiger partial charge is 0.328 e. The molecule has 1 aromatic carbocycles. The molecule has 0 amide bonds. The topological polar surface area (TPSA) is 26.0 Å². The Hall–Kier alpha value is -0.820. The summed E-state index contributed by atoms with van der Waals surface area (Å²) in [5.41, 5.74) is 8.57. The second-order valence-corrected chi connectivity index (χ2v) is 4.77. The van der Waals surface area contributed by atoms with E-state index in [0.29, 0.717) is 12.0 Å². The van der Waals surface area contributed by atoms with E-state index in [2.05, 4.69) is 45.0 Å². The van der Waals surface area contributed by atoms with Crippen LogP contribution in [0, 0.1) is 0 Å². The summed E-state index contributed by atoms with van der Waals surface area (Å²) in [6.45, 7) is 6.53. The highest BCUT2D eigenvalue weighted by Crippen LogP contribution is 2.15. The molecule has 0 saturated heterocycles. The molecule has 0 bridgehead atoms. The van der Waals surface area contributed by atoms with Crippen LogP contribution in [-0.2, 0) is 6.42 Å². The van der Waals surface area contributed by atoms with E-state index in [1.807, 2.05) is 0 Å². The number of hydrogen-bond donors (Lipinski definition) is 1. The van der Waals surface area contributed by atoms with Gasteiger partial charge in [0.15, 0.2) is 0 Å². The van der Waals surface area contributed by atoms with E-state index in [0.717, 1.165) is 12.8 Å². The SMILES string of the molecule is CC(N)CCCc1ccc(C(C)C)cc1. The monoisotopic (exact) mass is 205 g/mol. The van der Waals surface area contributed by atoms with Gasteiger partial charge in [0.05, 0.1) is 0 Å². The van der Waals surface area contributed by atoms with Gasteiger partial charge in [-0.25, -0.2) is 0 Å². The number of rotatable bonds is 5. The molecule has 84 valence electrons. The maximum atomic E-state index is 5.72. The molecule has 2 N–H and O–H groups in total. The fraction of sp³-hybridized carbons (Fsp3) is 0.571. The van der Waals surface area contributed by atoms with E-state index in [4.69, 9.17) is 5.73 Å². The van der Waals surface area contributed by atoms with E-state index in [9.17, 15) is 0 Å². The Labute approximate surface area is 93.7 Å². The molecule has 0 spiro atoms. The van der Waals surface area contributed by atoms with Gasteiger partial charge in [-0.3, -0.25) is 0 Å². The number of hydrogen-bond acceptors (Lipinski definition) is 1. The smallest absolute Gasteiger partial charge is 0.00105 e. The molecule has 0 heterocycles. The van der Waals surface area contributed by atoms with Crippen LogP contribution in [0.1, 0.15) is 50.7 Å². The molecule has 1 aromatic rings. The van der Waals surface area contributed by atoms with Crippen LogP contribution in [0.2, 0.25) is 0 Å². The molecule has 0 aliphatic rings. The first kappa shape index (κ1) is 12.3. The normalized spacial score (nSPS) is 13.1. The van der Waals surface area contributed by atoms with Gasteiger partial charge in [-0.05, 0) is 43.2 Å². The van der Waals surface area contributed by atoms with Crippen LogP contribution < -0.4 is 5.73 Å². The molecule has 1 rings (SSSR count). The van der Waals surface area contributed by atoms with Gasteiger partial charge in [0.25, 0.3) is 0 Å². The van der Waals surface area contributed by atoms with E-state index >= 15 is 0 Å². The minimum absolute atomic E-state index is 0.333. The van der Waals surface area contributed by atoms with Crippen molar-refractivity contribution in [3.05, 3.63) is 35.4 Å². The molecule has 0 aromatic heterocycles. The van der Waals surface area contributed by atoms with Gasteiger partial charge < -0.3 is 5.73 Å². The molecule has 1 heteroatoms. The first-order valence-electron chi connectivity index (χ1n) is 5.94. The third-order valence-electron chi connectivity index (χ3n) is 2.77. The van der Waals surface area contributed by atoms with Crippen molar-refractivity contribution in [2.45, 2.75) is 52.0 Å². The molecule has 1 atom stereocenters. The molecule has 15 heavy (non-hydrogen) atoms. The Morgan fingerprint density at radius 3 is 2.13 bits per heavy atom. The predicted octanol–water partition coefficient (Wildman–Crippen LogP) is 3.48. The Morgan fingerprint density at radius 2 is 1.67 bits per heavy atom. The van der Waals surface area contributed by atoms with Crippen LogP contribution in [0.25, 0.3) is 0 Å². The summed E-state index contributed by atoms with van der Waals surface area (Å²) in [6, 6.07) is 9.31. The summed E-state index contributed by atoms with van der Waals surface area (Å²) < 4.78 is 0. The number of benzene rings is 1. The van der Waals surface area contributed by atoms with Gasteiger partial charge >= 0.3 is 0 Å². The van der Waals surface area contributed by atoms with E-state index < -0.39 is 0 Å². The zero-order chi connectivity index (χ0) is 11.3. The molecule has 0 fully saturated rings. The summed E-state index contributed by atoms with van der Waals surface area (Å²) in [4.78, 5) is 0. The minimum atomic E-state index is 0.333. The quantitative estimate of drug-likeness (QED) is 0.782. The Bertz CT molecular complexity index is 272. The van der Waals surface area contributed by atoms with Crippen molar-refractivity contribution in [3.8, 4) is 0 Å². The fourth-order valence-electron chi connectivity index (χ4n) is 1.70. The van der Waals surface area contributed by atoms with Gasteiger partial charge in [-0.15, -0.1) is 0 Å². The lowest BCUT2D eigenvalue weighted by Crippen LogP contribution is -2.14. The maximum Gasteiger partial charge on any atom is 0.00105 e. The summed E-state index contributed by atoms with van der Waals surface area (Å²) in [6.07, 6.45) is 3.46. The minimum Gasteiger partial charge on any atom is -0.328 e. The number of aryl methyl sites for hydroxylation is 1. The predicted molar refractivity (Wildman–Crippen MR) is 67.1 cm³/mol. The average Bonchev–Trinajstić information content (AvgIpc) is 2.18. The number of nitrogens with two attached hydrogens (primary N) is 1. The first-order valence-corrected chi connectivity index (χ1v) is 5.94. The molecule has 0 aliphatic heterocycles. The van der Waals surface area contributed by atoms with Gasteiger partial charge in [0.2, 0.25) is 0 Å². The van der Waals surface area contributed by atoms with Crippen LogP contribution >= 0.6 is 0 Å². The Balaban J connectivity index is 2.43. The standard InChI is InChI=1S/C14H23N/c1-11(2)14-9-7-13(8-10-14)6-4-5-12(3)15/h7-12H,4-6,15H2,1-3H3. The van der Waals surface area contributed by atoms with Crippen molar-refractivity contribution >= 4 is 0 Å². The molecule has 1 nitrogen and oxygen atoms in total. The second kappa shape index (κ2) is 5.92. The van der Waals surface area contributed by atoms with Crippen LogP contribution in [0.5, 0.6) is 0 Å². The lowest BCUT2D eigenvalue weighted by atomic mass is 9.99. The summed E-state index contributed by atoms with van der Waals surface area (Å²) in [5, 5.41) is 0. The average molecular weight is 205 g/mol. The first-order chi connectivity index (χ1) is 7.09. The Morgan fingerprint density at radius 1 is 1.07 bits per heavy atom. The molecule has 1 unspecified atom stereocenters. The van der Waals surface area contributed by atoms with Crippen LogP contribution in [0.4, 0.5) is 0 Å². The van der Waals surface area contributed by atoms with Crippen molar-refractivity contribution in [3.63, 3.8) is 0 Å². The van der Waals surface area contributed by atoms with Crippen molar-refractivity contribution in [2.24, 2.45) is 5.73 Å². The van der Waals surface area contributed by atoms with E-state index in [1.54, 1.807) is 0 Å². The van der Waals surface area contributed by atoms with Crippen molar-refractivity contribution in [1.29, 1.82) is 0 Å². The van der Waals surface area contributed by atoms with Crippen LogP contribution in [0.3, 0.4) is 0 Å². The summed E-state index contributed by atoms with van der Waals surface area (Å²) in [5.74, 6) is 0.628. The van der Waals surface area contributed by atoms with E-state index in [1.165, 1.54) is 17.5 Å². The van der Waals surface area contributed by atoms with Gasteiger partial charge in [0, 0.05) is 6.04 Å². The van der Waals surface area contributed by atoms with Crippen molar-refractivity contribution < 1.29 is 0 Å². The maximum absolute atomic E-state index is 5.72. The third kappa shape index (κ3) is 4.48. The van der Waals surface area contributed by atoms with Crippen molar-refractivity contribution in [2.75, 3.05) is 0 Å². The zero-order valence-electron chi connectivity index (χ0n) is 10.2. The Kier molecular flexibility index (Phi) is 4.83. The second-order valence-electron chi connectivity index (χ2n) is 4.77. The molecular formula is C14H23N. The summed E-state index contributed by atoms with van der Waals surface area (Å²) in [7, 11) is 0. The molecular weight excluding hydrogens is 182 g/mol. The lowest BCUT2D eigenvalue weighted by molar-refractivity contribution is 0.624. The third-order valence-corrected chi connectivity index (χ3v) is 2.77. The van der Waals surface area contributed by atoms with E-state index in [-0.39, 0.29) is 0 Å². The lowest BCUT2D eigenvalue weighted by Gasteiger charge is -2.07. The highest BCUT2D eigenvalue weighted by Gasteiger charge is 1.99. The van der Waals surface area contributed by atoms with Gasteiger partial charge in [-0.1, -0.05) is 38.1 Å². The van der Waals surface area contributed by atoms with Crippen molar-refractivity contribution in [1.82, 2.24) is 0 Å². The molecule has 0 aliphatic carbocycles. The van der Waals surface area contributed by atoms with Gasteiger partial charge in [-0.2, -0.15) is 0 Å². The molecule has 0 radical (unpaired) electrons. The molecule has 0 saturated carbocycles. The summed E-state index contributed by atoms with van der Waals surface area (Å²) >= 11 is 0. The highest BCUT2D eigenvalue weighted by atomic mass is 14.6.